The molecule has 0 saturated carbocycles. The molecule has 23 heavy (non-hydrogen) atoms. The van der Waals surface area contributed by atoms with Gasteiger partial charge in [-0.2, -0.15) is 15.1 Å². The number of hydrogen-bond acceptors (Lipinski definition) is 6. The Balaban J connectivity index is 1.87. The molecule has 0 aromatic carbocycles. The molecule has 2 N–H and O–H groups in total. The highest BCUT2D eigenvalue weighted by molar-refractivity contribution is 7.98. The van der Waals surface area contributed by atoms with Gasteiger partial charge in [-0.25, -0.2) is 0 Å². The van der Waals surface area contributed by atoms with E-state index in [1.54, 1.807) is 4.90 Å². The zero-order chi connectivity index (χ0) is 16.4. The van der Waals surface area contributed by atoms with Gasteiger partial charge in [0.05, 0.1) is 5.39 Å². The largest absolute Gasteiger partial charge is 0.365 e. The number of aromatic nitrogens is 4. The van der Waals surface area contributed by atoms with Crippen LogP contribution in [-0.4, -0.2) is 56.4 Å². The van der Waals surface area contributed by atoms with E-state index in [4.69, 9.17) is 11.6 Å². The van der Waals surface area contributed by atoms with E-state index in [2.05, 4.69) is 32.1 Å². The maximum atomic E-state index is 11.8. The first-order valence-electron chi connectivity index (χ1n) is 7.26. The number of anilines is 1. The van der Waals surface area contributed by atoms with Crippen molar-refractivity contribution in [1.29, 1.82) is 0 Å². The average Bonchev–Trinajstić information content (AvgIpc) is 2.97. The maximum absolute atomic E-state index is 11.8. The standard InChI is InChI=1S/C14H17ClN6OS/c1-3-9(22)21-6-4-5-8(7-21)16-11-10-12(18-14(15)17-11)19-20-13(10)23-2/h3,8H,1,4-7H2,2H3,(H2,16,17,18,19,20)/t8-/m1/s1. The Morgan fingerprint density at radius 2 is 2.39 bits per heavy atom. The van der Waals surface area contributed by atoms with Crippen LogP contribution in [0.25, 0.3) is 11.0 Å². The van der Waals surface area contributed by atoms with E-state index in [-0.39, 0.29) is 17.2 Å². The number of nitrogens with one attached hydrogen (secondary N) is 2. The van der Waals surface area contributed by atoms with Gasteiger partial charge >= 0.3 is 0 Å². The van der Waals surface area contributed by atoms with Gasteiger partial charge < -0.3 is 10.2 Å². The summed E-state index contributed by atoms with van der Waals surface area (Å²) in [5.41, 5.74) is 0.603. The predicted octanol–water partition coefficient (Wildman–Crippen LogP) is 2.32. The van der Waals surface area contributed by atoms with Gasteiger partial charge in [0.25, 0.3) is 0 Å². The van der Waals surface area contributed by atoms with Crippen LogP contribution < -0.4 is 5.32 Å². The number of likely N-dealkylation sites (tertiary alicyclic amines) is 1. The van der Waals surface area contributed by atoms with Gasteiger partial charge in [-0.3, -0.25) is 9.89 Å². The van der Waals surface area contributed by atoms with Crippen molar-refractivity contribution in [2.75, 3.05) is 24.7 Å². The van der Waals surface area contributed by atoms with E-state index < -0.39 is 0 Å². The Bertz CT molecular complexity index is 748. The Labute approximate surface area is 142 Å². The molecular weight excluding hydrogens is 336 g/mol. The number of carbonyl (C=O) groups excluding carboxylic acids is 1. The molecule has 7 nitrogen and oxygen atoms in total. The van der Waals surface area contributed by atoms with Crippen molar-refractivity contribution in [2.24, 2.45) is 0 Å². The molecule has 1 fully saturated rings. The summed E-state index contributed by atoms with van der Waals surface area (Å²) in [7, 11) is 0. The number of halogens is 1. The Kier molecular flexibility index (Phi) is 4.72. The number of rotatable bonds is 4. The quantitative estimate of drug-likeness (QED) is 0.499. The maximum Gasteiger partial charge on any atom is 0.246 e. The second kappa shape index (κ2) is 6.76. The first kappa shape index (κ1) is 16.1. The van der Waals surface area contributed by atoms with E-state index in [1.165, 1.54) is 17.8 Å². The molecule has 0 spiro atoms. The number of fused-ring (bicyclic) bond motifs is 1. The molecule has 3 rings (SSSR count). The minimum atomic E-state index is -0.0459. The number of H-pyrrole nitrogens is 1. The topological polar surface area (TPSA) is 86.8 Å². The van der Waals surface area contributed by atoms with Crippen LogP contribution in [0.15, 0.2) is 17.7 Å². The fraction of sp³-hybridized carbons (Fsp3) is 0.429. The number of hydrogen-bond donors (Lipinski definition) is 2. The predicted molar refractivity (Wildman–Crippen MR) is 91.9 cm³/mol. The first-order chi connectivity index (χ1) is 11.1. The minimum absolute atomic E-state index is 0.0459. The lowest BCUT2D eigenvalue weighted by Crippen LogP contribution is -2.44. The molecule has 1 saturated heterocycles. The lowest BCUT2D eigenvalue weighted by atomic mass is 10.1. The summed E-state index contributed by atoms with van der Waals surface area (Å²) in [6, 6.07) is 0.103. The van der Waals surface area contributed by atoms with Gasteiger partial charge in [-0.05, 0) is 36.8 Å². The van der Waals surface area contributed by atoms with E-state index in [1.807, 2.05) is 6.26 Å². The number of carbonyl (C=O) groups is 1. The fourth-order valence-electron chi connectivity index (χ4n) is 2.75. The molecule has 3 heterocycles. The van der Waals surface area contributed by atoms with Gasteiger partial charge in [-0.15, -0.1) is 11.8 Å². The van der Waals surface area contributed by atoms with Crippen LogP contribution in [-0.2, 0) is 4.79 Å². The molecule has 9 heteroatoms. The lowest BCUT2D eigenvalue weighted by Gasteiger charge is -2.32. The Hall–Kier alpha value is -1.80. The third-order valence-corrected chi connectivity index (χ3v) is 4.65. The van der Waals surface area contributed by atoms with Crippen molar-refractivity contribution in [3.8, 4) is 0 Å². The molecule has 0 radical (unpaired) electrons. The molecule has 1 atom stereocenters. The number of thioether (sulfide) groups is 1. The Morgan fingerprint density at radius 1 is 1.57 bits per heavy atom. The van der Waals surface area contributed by atoms with Gasteiger partial charge in [0.1, 0.15) is 10.8 Å². The molecule has 122 valence electrons. The highest BCUT2D eigenvalue weighted by Gasteiger charge is 2.24. The van der Waals surface area contributed by atoms with E-state index in [0.717, 1.165) is 29.8 Å². The average molecular weight is 353 g/mol. The number of amides is 1. The number of nitrogens with zero attached hydrogens (tertiary/aromatic N) is 4. The number of aromatic amines is 1. The van der Waals surface area contributed by atoms with Crippen LogP contribution >= 0.6 is 23.4 Å². The van der Waals surface area contributed by atoms with Crippen LogP contribution in [0.1, 0.15) is 12.8 Å². The van der Waals surface area contributed by atoms with Crippen molar-refractivity contribution in [3.63, 3.8) is 0 Å². The van der Waals surface area contributed by atoms with Gasteiger partial charge in [0.2, 0.25) is 11.2 Å². The molecule has 0 bridgehead atoms. The monoisotopic (exact) mass is 352 g/mol. The molecule has 1 amide bonds. The summed E-state index contributed by atoms with van der Waals surface area (Å²) in [5, 5.41) is 12.3. The third kappa shape index (κ3) is 3.28. The van der Waals surface area contributed by atoms with Gasteiger partial charge in [0.15, 0.2) is 5.65 Å². The SMILES string of the molecule is C=CC(=O)N1CCC[C@@H](Nc2nc(Cl)nc3[nH]nc(SC)c23)C1. The van der Waals surface area contributed by atoms with E-state index >= 15 is 0 Å². The highest BCUT2D eigenvalue weighted by Crippen LogP contribution is 2.30. The molecule has 2 aromatic heterocycles. The molecule has 0 aliphatic carbocycles. The smallest absolute Gasteiger partial charge is 0.246 e. The molecule has 2 aromatic rings. The summed E-state index contributed by atoms with van der Waals surface area (Å²) >= 11 is 7.51. The summed E-state index contributed by atoms with van der Waals surface area (Å²) < 4.78 is 0. The van der Waals surface area contributed by atoms with Gasteiger partial charge in [0, 0.05) is 19.1 Å². The van der Waals surface area contributed by atoms with Crippen molar-refractivity contribution >= 4 is 46.1 Å². The summed E-state index contributed by atoms with van der Waals surface area (Å²) in [4.78, 5) is 22.1. The summed E-state index contributed by atoms with van der Waals surface area (Å²) in [6.45, 7) is 4.91. The van der Waals surface area contributed by atoms with Crippen molar-refractivity contribution in [2.45, 2.75) is 23.9 Å². The summed E-state index contributed by atoms with van der Waals surface area (Å²) in [6.07, 6.45) is 5.18. The zero-order valence-corrected chi connectivity index (χ0v) is 14.2. The van der Waals surface area contributed by atoms with E-state index in [0.29, 0.717) is 18.0 Å². The van der Waals surface area contributed by atoms with Crippen LogP contribution in [0, 0.1) is 0 Å². The molecular formula is C14H17ClN6OS. The summed E-state index contributed by atoms with van der Waals surface area (Å²) in [5.74, 6) is 0.603. The van der Waals surface area contributed by atoms with E-state index in [9.17, 15) is 4.79 Å². The highest BCUT2D eigenvalue weighted by atomic mass is 35.5. The van der Waals surface area contributed by atoms with Crippen LogP contribution in [0.3, 0.4) is 0 Å². The lowest BCUT2D eigenvalue weighted by molar-refractivity contribution is -0.127. The molecule has 1 aliphatic rings. The van der Waals surface area contributed by atoms with Gasteiger partial charge in [-0.1, -0.05) is 6.58 Å². The Morgan fingerprint density at radius 3 is 3.13 bits per heavy atom. The van der Waals surface area contributed by atoms with Crippen LogP contribution in [0.5, 0.6) is 0 Å². The molecule has 1 aliphatic heterocycles. The van der Waals surface area contributed by atoms with Crippen molar-refractivity contribution < 1.29 is 4.79 Å². The normalized spacial score (nSPS) is 18.2. The second-order valence-corrected chi connectivity index (χ2v) is 6.40. The zero-order valence-electron chi connectivity index (χ0n) is 12.7. The minimum Gasteiger partial charge on any atom is -0.365 e. The number of piperidine rings is 1. The third-order valence-electron chi connectivity index (χ3n) is 3.80. The van der Waals surface area contributed by atoms with Crippen molar-refractivity contribution in [3.05, 3.63) is 17.9 Å². The fourth-order valence-corrected chi connectivity index (χ4v) is 3.45. The second-order valence-electron chi connectivity index (χ2n) is 5.27. The molecule has 0 unspecified atom stereocenters. The van der Waals surface area contributed by atoms with Crippen LogP contribution in [0.4, 0.5) is 5.82 Å². The van der Waals surface area contributed by atoms with Crippen LogP contribution in [0.2, 0.25) is 5.28 Å². The van der Waals surface area contributed by atoms with Crippen molar-refractivity contribution in [1.82, 2.24) is 25.1 Å². The first-order valence-corrected chi connectivity index (χ1v) is 8.86.